The summed E-state index contributed by atoms with van der Waals surface area (Å²) in [6.45, 7) is 3.75. The van der Waals surface area contributed by atoms with Gasteiger partial charge in [-0.3, -0.25) is 4.79 Å². The Morgan fingerprint density at radius 2 is 1.62 bits per heavy atom. The number of hydrogen-bond acceptors (Lipinski definition) is 8. The van der Waals surface area contributed by atoms with E-state index in [4.69, 9.17) is 27.5 Å². The minimum Gasteiger partial charge on any atom is -0.463 e. The van der Waals surface area contributed by atoms with Gasteiger partial charge in [-0.1, -0.05) is 6.92 Å². The second-order valence-electron chi connectivity index (χ2n) is 5.11. The molecule has 24 heavy (non-hydrogen) atoms. The summed E-state index contributed by atoms with van der Waals surface area (Å²) in [4.78, 5) is 11.7. The van der Waals surface area contributed by atoms with Crippen LogP contribution in [0.1, 0.15) is 19.8 Å². The normalized spacial score (nSPS) is 13.0. The van der Waals surface area contributed by atoms with Gasteiger partial charge in [0.05, 0.1) is 26.2 Å². The Morgan fingerprint density at radius 1 is 1.00 bits per heavy atom. The molecule has 144 valence electrons. The molecule has 0 aliphatic carbocycles. The third-order valence-electron chi connectivity index (χ3n) is 3.34. The molecule has 1 atom stereocenters. The first-order chi connectivity index (χ1) is 11.5. The van der Waals surface area contributed by atoms with E-state index in [1.165, 1.54) is 0 Å². The van der Waals surface area contributed by atoms with Gasteiger partial charge in [-0.05, 0) is 12.2 Å². The zero-order valence-electron chi connectivity index (χ0n) is 15.5. The topological polar surface area (TPSA) is 72.5 Å². The van der Waals surface area contributed by atoms with Gasteiger partial charge in [-0.2, -0.15) is 11.8 Å². The first-order valence-electron chi connectivity index (χ1n) is 8.03. The second-order valence-corrected chi connectivity index (χ2v) is 9.75. The maximum atomic E-state index is 11.7. The van der Waals surface area contributed by atoms with Gasteiger partial charge in [-0.15, -0.1) is 0 Å². The number of thioether (sulfide) groups is 1. The van der Waals surface area contributed by atoms with E-state index in [1.54, 1.807) is 40.2 Å². The zero-order chi connectivity index (χ0) is 18.3. The predicted molar refractivity (Wildman–Crippen MR) is 96.4 cm³/mol. The van der Waals surface area contributed by atoms with Crippen LogP contribution in [0.4, 0.5) is 0 Å². The highest BCUT2D eigenvalue weighted by atomic mass is 32.2. The van der Waals surface area contributed by atoms with Crippen LogP contribution < -0.4 is 0 Å². The number of carbonyl (C=O) groups is 1. The van der Waals surface area contributed by atoms with Gasteiger partial charge in [0.1, 0.15) is 6.61 Å². The van der Waals surface area contributed by atoms with Crippen molar-refractivity contribution in [2.45, 2.75) is 31.1 Å². The minimum atomic E-state index is -2.48. The maximum Gasteiger partial charge on any atom is 0.500 e. The molecule has 0 heterocycles. The summed E-state index contributed by atoms with van der Waals surface area (Å²) in [5.74, 6) is 0.721. The van der Waals surface area contributed by atoms with Gasteiger partial charge < -0.3 is 27.5 Å². The van der Waals surface area contributed by atoms with E-state index >= 15 is 0 Å². The van der Waals surface area contributed by atoms with Gasteiger partial charge in [0.2, 0.25) is 0 Å². The van der Waals surface area contributed by atoms with Crippen LogP contribution >= 0.6 is 11.8 Å². The van der Waals surface area contributed by atoms with Gasteiger partial charge in [-0.25, -0.2) is 0 Å². The Kier molecular flexibility index (Phi) is 15.0. The summed E-state index contributed by atoms with van der Waals surface area (Å²) in [7, 11) is 3.98. The Labute approximate surface area is 151 Å². The standard InChI is InChI=1S/C15H32O7SSi/c1-14(13-15(16)22-10-9-21-8-7-17-2)23-11-6-12-24(18-3,19-4)20-5/h14H,6-13H2,1-5H3. The van der Waals surface area contributed by atoms with Crippen LogP contribution in [0.3, 0.4) is 0 Å². The maximum absolute atomic E-state index is 11.7. The summed E-state index contributed by atoms with van der Waals surface area (Å²) >= 11 is 1.73. The zero-order valence-corrected chi connectivity index (χ0v) is 17.3. The Bertz CT molecular complexity index is 308. The van der Waals surface area contributed by atoms with Crippen molar-refractivity contribution in [3.63, 3.8) is 0 Å². The lowest BCUT2D eigenvalue weighted by Crippen LogP contribution is -2.42. The molecule has 0 saturated carbocycles. The van der Waals surface area contributed by atoms with Crippen LogP contribution in [0.15, 0.2) is 0 Å². The molecule has 0 bridgehead atoms. The van der Waals surface area contributed by atoms with Crippen molar-refractivity contribution in [1.29, 1.82) is 0 Å². The molecule has 0 aromatic heterocycles. The molecular weight excluding hydrogens is 352 g/mol. The Morgan fingerprint density at radius 3 is 2.21 bits per heavy atom. The fourth-order valence-electron chi connectivity index (χ4n) is 1.94. The molecule has 7 nitrogen and oxygen atoms in total. The third kappa shape index (κ3) is 11.4. The minimum absolute atomic E-state index is 0.195. The molecule has 0 aliphatic heterocycles. The van der Waals surface area contributed by atoms with Crippen molar-refractivity contribution in [1.82, 2.24) is 0 Å². The van der Waals surface area contributed by atoms with E-state index in [9.17, 15) is 4.79 Å². The van der Waals surface area contributed by atoms with E-state index in [2.05, 4.69) is 0 Å². The van der Waals surface area contributed by atoms with E-state index in [1.807, 2.05) is 6.92 Å². The van der Waals surface area contributed by atoms with Gasteiger partial charge in [0, 0.05) is 39.7 Å². The quantitative estimate of drug-likeness (QED) is 0.227. The van der Waals surface area contributed by atoms with Crippen molar-refractivity contribution in [2.75, 3.05) is 60.6 Å². The van der Waals surface area contributed by atoms with E-state index in [-0.39, 0.29) is 17.8 Å². The van der Waals surface area contributed by atoms with Gasteiger partial charge >= 0.3 is 14.8 Å². The highest BCUT2D eigenvalue weighted by molar-refractivity contribution is 7.99. The monoisotopic (exact) mass is 384 g/mol. The molecule has 0 aromatic carbocycles. The Balaban J connectivity index is 3.70. The number of ether oxygens (including phenoxy) is 3. The second kappa shape index (κ2) is 15.1. The molecule has 0 spiro atoms. The molecule has 0 amide bonds. The molecule has 0 fully saturated rings. The molecule has 0 radical (unpaired) electrons. The number of hydrogen-bond donors (Lipinski definition) is 0. The highest BCUT2D eigenvalue weighted by Gasteiger charge is 2.36. The average molecular weight is 385 g/mol. The summed E-state index contributed by atoms with van der Waals surface area (Å²) < 4.78 is 31.4. The smallest absolute Gasteiger partial charge is 0.463 e. The van der Waals surface area contributed by atoms with E-state index in [0.717, 1.165) is 18.2 Å². The molecule has 9 heteroatoms. The lowest BCUT2D eigenvalue weighted by Gasteiger charge is -2.24. The molecule has 0 saturated heterocycles. The summed E-state index contributed by atoms with van der Waals surface area (Å²) in [5, 5.41) is 0.204. The van der Waals surface area contributed by atoms with Crippen molar-refractivity contribution < 1.29 is 32.3 Å². The van der Waals surface area contributed by atoms with Gasteiger partial charge in [0.15, 0.2) is 0 Å². The number of methoxy groups -OCH3 is 1. The van der Waals surface area contributed by atoms with Crippen molar-refractivity contribution >= 4 is 26.5 Å². The summed E-state index contributed by atoms with van der Waals surface area (Å²) in [6.07, 6.45) is 1.31. The van der Waals surface area contributed by atoms with Gasteiger partial charge in [0.25, 0.3) is 0 Å². The Hall–Kier alpha value is -0.163. The van der Waals surface area contributed by atoms with E-state index in [0.29, 0.717) is 26.2 Å². The SMILES string of the molecule is COCCOCCOC(=O)CC(C)SCCC[Si](OC)(OC)OC. The lowest BCUT2D eigenvalue weighted by molar-refractivity contribution is -0.145. The van der Waals surface area contributed by atoms with E-state index < -0.39 is 8.80 Å². The molecule has 0 aromatic rings. The number of esters is 1. The van der Waals surface area contributed by atoms with Crippen LogP contribution in [-0.4, -0.2) is 80.6 Å². The van der Waals surface area contributed by atoms with Crippen molar-refractivity contribution in [3.05, 3.63) is 0 Å². The summed E-state index contributed by atoms with van der Waals surface area (Å²) in [6, 6.07) is 0.763. The highest BCUT2D eigenvalue weighted by Crippen LogP contribution is 2.21. The fraction of sp³-hybridized carbons (Fsp3) is 0.933. The number of carbonyl (C=O) groups excluding carboxylic acids is 1. The van der Waals surface area contributed by atoms with Crippen LogP contribution in [-0.2, 0) is 32.3 Å². The van der Waals surface area contributed by atoms with Crippen molar-refractivity contribution in [2.24, 2.45) is 0 Å². The average Bonchev–Trinajstić information content (AvgIpc) is 2.59. The molecule has 0 aliphatic rings. The van der Waals surface area contributed by atoms with Crippen LogP contribution in [0.25, 0.3) is 0 Å². The first kappa shape index (κ1) is 23.8. The first-order valence-corrected chi connectivity index (χ1v) is 11.0. The lowest BCUT2D eigenvalue weighted by atomic mass is 10.3. The molecular formula is C15H32O7SSi. The van der Waals surface area contributed by atoms with Crippen LogP contribution in [0.5, 0.6) is 0 Å². The van der Waals surface area contributed by atoms with Crippen LogP contribution in [0.2, 0.25) is 6.04 Å². The van der Waals surface area contributed by atoms with Crippen LogP contribution in [0, 0.1) is 0 Å². The largest absolute Gasteiger partial charge is 0.500 e. The molecule has 0 rings (SSSR count). The summed E-state index contributed by atoms with van der Waals surface area (Å²) in [5.41, 5.74) is 0. The predicted octanol–water partition coefficient (Wildman–Crippen LogP) is 1.97. The number of rotatable bonds is 16. The third-order valence-corrected chi connectivity index (χ3v) is 7.43. The molecule has 0 N–H and O–H groups in total. The van der Waals surface area contributed by atoms with Crippen molar-refractivity contribution in [3.8, 4) is 0 Å². The molecule has 1 unspecified atom stereocenters. The fourth-order valence-corrected chi connectivity index (χ4v) is 4.89.